The number of carboxylic acids is 1. The van der Waals surface area contributed by atoms with E-state index in [0.717, 1.165) is 19.5 Å². The molecule has 0 rings (SSSR count). The zero-order chi connectivity index (χ0) is 14.5. The number of hydrogen-bond acceptors (Lipinski definition) is 2. The Morgan fingerprint density at radius 2 is 1.58 bits per heavy atom. The molecule has 0 spiro atoms. The molecule has 0 aromatic heterocycles. The van der Waals surface area contributed by atoms with Crippen molar-refractivity contribution >= 4 is 22.0 Å². The standard InChI is InChI=1S/C15H31NO2Se/c1-3-5-6-7-8-9-10-11-12-16(4-2)14(13-19)15(17)18/h14,19H,3-13H2,1-2H3,(H,17,18)/t14-/m0/s1. The van der Waals surface area contributed by atoms with E-state index in [1.807, 2.05) is 6.92 Å². The maximum atomic E-state index is 11.1. The molecular formula is C15H31NO2Se. The molecule has 0 bridgehead atoms. The van der Waals surface area contributed by atoms with E-state index in [2.05, 4.69) is 27.8 Å². The van der Waals surface area contributed by atoms with Gasteiger partial charge < -0.3 is 0 Å². The molecule has 0 amide bonds. The van der Waals surface area contributed by atoms with Gasteiger partial charge in [-0.25, -0.2) is 0 Å². The number of carboxylic acid groups (broad SMARTS) is 1. The van der Waals surface area contributed by atoms with Crippen LogP contribution in [0.5, 0.6) is 0 Å². The van der Waals surface area contributed by atoms with Crippen LogP contribution in [0.2, 0.25) is 5.32 Å². The van der Waals surface area contributed by atoms with Crippen molar-refractivity contribution in [3.8, 4) is 0 Å². The maximum absolute atomic E-state index is 11.1. The normalized spacial score (nSPS) is 12.8. The van der Waals surface area contributed by atoms with E-state index in [9.17, 15) is 4.79 Å². The third-order valence-electron chi connectivity index (χ3n) is 3.60. The fraction of sp³-hybridized carbons (Fsp3) is 0.933. The molecule has 0 fully saturated rings. The van der Waals surface area contributed by atoms with Crippen LogP contribution in [0.15, 0.2) is 0 Å². The third-order valence-corrected chi connectivity index (χ3v) is 4.33. The van der Waals surface area contributed by atoms with E-state index in [4.69, 9.17) is 5.11 Å². The molecular weight excluding hydrogens is 305 g/mol. The van der Waals surface area contributed by atoms with Crippen LogP contribution < -0.4 is 0 Å². The van der Waals surface area contributed by atoms with E-state index >= 15 is 0 Å². The van der Waals surface area contributed by atoms with Gasteiger partial charge in [0.15, 0.2) is 0 Å². The van der Waals surface area contributed by atoms with Gasteiger partial charge in [-0.3, -0.25) is 0 Å². The van der Waals surface area contributed by atoms with Gasteiger partial charge in [-0.2, -0.15) is 0 Å². The van der Waals surface area contributed by atoms with Gasteiger partial charge in [-0.05, 0) is 0 Å². The summed E-state index contributed by atoms with van der Waals surface area (Å²) in [5.41, 5.74) is 0. The molecule has 114 valence electrons. The molecule has 0 aliphatic rings. The third kappa shape index (κ3) is 9.48. The summed E-state index contributed by atoms with van der Waals surface area (Å²) in [6, 6.07) is -0.324. The average molecular weight is 336 g/mol. The van der Waals surface area contributed by atoms with Gasteiger partial charge in [-0.15, -0.1) is 0 Å². The van der Waals surface area contributed by atoms with Gasteiger partial charge in [-0.1, -0.05) is 6.92 Å². The van der Waals surface area contributed by atoms with Crippen LogP contribution in [0.3, 0.4) is 0 Å². The fourth-order valence-electron chi connectivity index (χ4n) is 2.33. The van der Waals surface area contributed by atoms with Crippen molar-refractivity contribution in [1.82, 2.24) is 4.90 Å². The second kappa shape index (κ2) is 13.0. The summed E-state index contributed by atoms with van der Waals surface area (Å²) < 4.78 is 0. The summed E-state index contributed by atoms with van der Waals surface area (Å²) >= 11 is 2.40. The number of aliphatic carboxylic acids is 1. The Bertz CT molecular complexity index is 224. The van der Waals surface area contributed by atoms with Crippen LogP contribution in [0.25, 0.3) is 0 Å². The van der Waals surface area contributed by atoms with Crippen molar-refractivity contribution in [2.45, 2.75) is 76.6 Å². The number of carbonyl (C=O) groups is 1. The van der Waals surface area contributed by atoms with Crippen molar-refractivity contribution in [1.29, 1.82) is 0 Å². The van der Waals surface area contributed by atoms with Crippen molar-refractivity contribution in [2.75, 3.05) is 13.1 Å². The van der Waals surface area contributed by atoms with E-state index in [1.54, 1.807) is 0 Å². The molecule has 0 heterocycles. The zero-order valence-electron chi connectivity index (χ0n) is 12.6. The number of unbranched alkanes of at least 4 members (excludes halogenated alkanes) is 7. The molecule has 4 heteroatoms. The molecule has 0 saturated heterocycles. The average Bonchev–Trinajstić information content (AvgIpc) is 2.40. The molecule has 0 aliphatic carbocycles. The van der Waals surface area contributed by atoms with Crippen molar-refractivity contribution < 1.29 is 9.90 Å². The summed E-state index contributed by atoms with van der Waals surface area (Å²) in [7, 11) is 0. The minimum atomic E-state index is -0.693. The summed E-state index contributed by atoms with van der Waals surface area (Å²) in [5.74, 6) is -0.693. The first kappa shape index (κ1) is 18.9. The second-order valence-corrected chi connectivity index (χ2v) is 5.91. The van der Waals surface area contributed by atoms with Gasteiger partial charge in [0.1, 0.15) is 0 Å². The monoisotopic (exact) mass is 337 g/mol. The second-order valence-electron chi connectivity index (χ2n) is 5.14. The Hall–Kier alpha value is -0.0505. The number of nitrogens with zero attached hydrogens (tertiary/aromatic N) is 1. The molecule has 3 nitrogen and oxygen atoms in total. The molecule has 1 N–H and O–H groups in total. The first-order valence-corrected chi connectivity index (χ1v) is 9.07. The van der Waals surface area contributed by atoms with Crippen molar-refractivity contribution in [3.63, 3.8) is 0 Å². The van der Waals surface area contributed by atoms with Gasteiger partial charge in [0, 0.05) is 0 Å². The number of hydrogen-bond donors (Lipinski definition) is 1. The van der Waals surface area contributed by atoms with E-state index in [1.165, 1.54) is 44.9 Å². The topological polar surface area (TPSA) is 40.5 Å². The number of likely N-dealkylation sites (N-methyl/N-ethyl adjacent to an activating group) is 1. The Kier molecular flexibility index (Phi) is 12.9. The van der Waals surface area contributed by atoms with Gasteiger partial charge >= 0.3 is 120 Å². The van der Waals surface area contributed by atoms with Crippen molar-refractivity contribution in [3.05, 3.63) is 0 Å². The van der Waals surface area contributed by atoms with Crippen molar-refractivity contribution in [2.24, 2.45) is 0 Å². The first-order chi connectivity index (χ1) is 9.17. The van der Waals surface area contributed by atoms with Crippen LogP contribution in [0.4, 0.5) is 0 Å². The first-order valence-electron chi connectivity index (χ1n) is 7.75. The van der Waals surface area contributed by atoms with Crippen LogP contribution in [0.1, 0.15) is 65.2 Å². The summed E-state index contributed by atoms with van der Waals surface area (Å²) in [5, 5.41) is 9.78. The van der Waals surface area contributed by atoms with E-state index < -0.39 is 5.97 Å². The Balaban J connectivity index is 3.64. The van der Waals surface area contributed by atoms with Crippen LogP contribution in [-0.4, -0.2) is 51.1 Å². The van der Waals surface area contributed by atoms with Crippen LogP contribution >= 0.6 is 0 Å². The summed E-state index contributed by atoms with van der Waals surface area (Å²) in [6.45, 7) is 6.03. The van der Waals surface area contributed by atoms with Gasteiger partial charge in [0.2, 0.25) is 0 Å². The quantitative estimate of drug-likeness (QED) is 0.415. The Morgan fingerprint density at radius 3 is 2.00 bits per heavy atom. The fourth-order valence-corrected chi connectivity index (χ4v) is 3.15. The molecule has 0 aliphatic heterocycles. The number of rotatable bonds is 13. The van der Waals surface area contributed by atoms with E-state index in [0.29, 0.717) is 5.32 Å². The van der Waals surface area contributed by atoms with Gasteiger partial charge in [0.05, 0.1) is 0 Å². The molecule has 1 atom stereocenters. The minimum absolute atomic E-state index is 0.324. The molecule has 0 aromatic rings. The molecule has 0 radical (unpaired) electrons. The van der Waals surface area contributed by atoms with Crippen LogP contribution in [0, 0.1) is 0 Å². The predicted octanol–water partition coefficient (Wildman–Crippen LogP) is 3.22. The Morgan fingerprint density at radius 1 is 1.05 bits per heavy atom. The van der Waals surface area contributed by atoms with Gasteiger partial charge in [0.25, 0.3) is 0 Å². The molecule has 0 unspecified atom stereocenters. The Labute approximate surface area is 126 Å². The summed E-state index contributed by atoms with van der Waals surface area (Å²) in [6.07, 6.45) is 10.4. The SMILES string of the molecule is CCCCCCCCCCN(CC)[C@@H](C[SeH])C(=O)O. The zero-order valence-corrected chi connectivity index (χ0v) is 14.5. The summed E-state index contributed by atoms with van der Waals surface area (Å²) in [4.78, 5) is 13.2. The predicted molar refractivity (Wildman–Crippen MR) is 83.2 cm³/mol. The molecule has 0 saturated carbocycles. The molecule has 0 aromatic carbocycles. The van der Waals surface area contributed by atoms with E-state index in [-0.39, 0.29) is 6.04 Å². The van der Waals surface area contributed by atoms with Crippen LogP contribution in [-0.2, 0) is 4.79 Å². The molecule has 19 heavy (non-hydrogen) atoms.